The summed E-state index contributed by atoms with van der Waals surface area (Å²) in [6, 6.07) is 16.6. The number of nitrogens with zero attached hydrogens (tertiary/aromatic N) is 3. The number of hydrogen-bond donors (Lipinski definition) is 0. The summed E-state index contributed by atoms with van der Waals surface area (Å²) in [6.45, 7) is 0. The Labute approximate surface area is 116 Å². The zero-order valence-corrected chi connectivity index (χ0v) is 11.0. The zero-order chi connectivity index (χ0) is 13.8. The van der Waals surface area contributed by atoms with E-state index in [1.165, 1.54) is 0 Å². The van der Waals surface area contributed by atoms with Gasteiger partial charge in [0.05, 0.1) is 22.2 Å². The fraction of sp³-hybridized carbons (Fsp3) is 0.0667. The van der Waals surface area contributed by atoms with Gasteiger partial charge in [-0.15, -0.1) is 0 Å². The van der Waals surface area contributed by atoms with E-state index in [1.54, 1.807) is 24.3 Å². The molecule has 0 unspecified atom stereocenters. The van der Waals surface area contributed by atoms with Crippen molar-refractivity contribution in [2.45, 2.75) is 0 Å². The first kappa shape index (κ1) is 13.0. The molecule has 0 saturated heterocycles. The van der Waals surface area contributed by atoms with Crippen LogP contribution in [-0.2, 0) is 0 Å². The van der Waals surface area contributed by atoms with Crippen LogP contribution in [-0.4, -0.2) is 7.05 Å². The highest BCUT2D eigenvalue weighted by Gasteiger charge is 2.07. The Kier molecular flexibility index (Phi) is 3.71. The van der Waals surface area contributed by atoms with Gasteiger partial charge >= 0.3 is 0 Å². The normalized spacial score (nSPS) is 9.47. The number of rotatable bonds is 2. The number of nitriles is 2. The van der Waals surface area contributed by atoms with Crippen LogP contribution in [0.15, 0.2) is 42.5 Å². The van der Waals surface area contributed by atoms with Crippen molar-refractivity contribution in [3.63, 3.8) is 0 Å². The average Bonchev–Trinajstić information content (AvgIpc) is 2.46. The molecule has 0 aliphatic carbocycles. The molecule has 0 bridgehead atoms. The van der Waals surface area contributed by atoms with Crippen LogP contribution in [0.4, 0.5) is 11.4 Å². The number of benzene rings is 2. The number of anilines is 2. The van der Waals surface area contributed by atoms with Crippen molar-refractivity contribution in [1.29, 1.82) is 10.5 Å². The van der Waals surface area contributed by atoms with Gasteiger partial charge in [-0.2, -0.15) is 10.5 Å². The molecule has 0 saturated carbocycles. The Morgan fingerprint density at radius 2 is 1.58 bits per heavy atom. The molecule has 0 spiro atoms. The van der Waals surface area contributed by atoms with E-state index in [2.05, 4.69) is 6.07 Å². The second kappa shape index (κ2) is 5.44. The van der Waals surface area contributed by atoms with Gasteiger partial charge in [-0.1, -0.05) is 11.6 Å². The molecule has 0 atom stereocenters. The smallest absolute Gasteiger partial charge is 0.101 e. The molecule has 0 N–H and O–H groups in total. The SMILES string of the molecule is CN(c1ccc(C#N)cc1)c1ccc(C#N)c(Cl)c1. The van der Waals surface area contributed by atoms with Crippen molar-refractivity contribution < 1.29 is 0 Å². The number of halogens is 1. The summed E-state index contributed by atoms with van der Waals surface area (Å²) in [4.78, 5) is 1.94. The molecule has 0 amide bonds. The zero-order valence-electron chi connectivity index (χ0n) is 10.3. The predicted octanol–water partition coefficient (Wildman–Crippen LogP) is 3.85. The monoisotopic (exact) mass is 267 g/mol. The first-order valence-electron chi connectivity index (χ1n) is 5.59. The van der Waals surface area contributed by atoms with Crippen molar-refractivity contribution in [2.75, 3.05) is 11.9 Å². The minimum absolute atomic E-state index is 0.431. The van der Waals surface area contributed by atoms with Gasteiger partial charge in [0.15, 0.2) is 0 Å². The van der Waals surface area contributed by atoms with Gasteiger partial charge in [0, 0.05) is 18.4 Å². The van der Waals surface area contributed by atoms with Crippen LogP contribution in [0.3, 0.4) is 0 Å². The standard InChI is InChI=1S/C15H10ClN3/c1-19(13-5-2-11(9-17)3-6-13)14-7-4-12(10-18)15(16)8-14/h2-8H,1H3. The summed E-state index contributed by atoms with van der Waals surface area (Å²) in [5.74, 6) is 0. The molecule has 2 rings (SSSR count). The second-order valence-electron chi connectivity index (χ2n) is 3.99. The van der Waals surface area contributed by atoms with E-state index >= 15 is 0 Å². The topological polar surface area (TPSA) is 50.8 Å². The third-order valence-corrected chi connectivity index (χ3v) is 3.16. The minimum atomic E-state index is 0.431. The Morgan fingerprint density at radius 1 is 0.947 bits per heavy atom. The highest BCUT2D eigenvalue weighted by Crippen LogP contribution is 2.27. The molecular formula is C15H10ClN3. The molecule has 2 aromatic carbocycles. The summed E-state index contributed by atoms with van der Waals surface area (Å²) in [5.41, 5.74) is 2.90. The van der Waals surface area contributed by atoms with Crippen LogP contribution in [0.25, 0.3) is 0 Å². The Bertz CT molecular complexity index is 678. The lowest BCUT2D eigenvalue weighted by molar-refractivity contribution is 1.21. The molecule has 0 fully saturated rings. The van der Waals surface area contributed by atoms with Crippen LogP contribution in [0.5, 0.6) is 0 Å². The van der Waals surface area contributed by atoms with E-state index in [-0.39, 0.29) is 0 Å². The van der Waals surface area contributed by atoms with E-state index in [9.17, 15) is 0 Å². The molecule has 0 heterocycles. The molecule has 92 valence electrons. The Balaban J connectivity index is 2.33. The van der Waals surface area contributed by atoms with Crippen molar-refractivity contribution >= 4 is 23.0 Å². The minimum Gasteiger partial charge on any atom is -0.345 e. The maximum absolute atomic E-state index is 8.84. The first-order chi connectivity index (χ1) is 9.15. The van der Waals surface area contributed by atoms with Crippen molar-refractivity contribution in [2.24, 2.45) is 0 Å². The molecule has 0 aromatic heterocycles. The Hall–Kier alpha value is -2.49. The van der Waals surface area contributed by atoms with Gasteiger partial charge in [-0.05, 0) is 42.5 Å². The quantitative estimate of drug-likeness (QED) is 0.830. The third-order valence-electron chi connectivity index (χ3n) is 2.84. The van der Waals surface area contributed by atoms with Crippen LogP contribution < -0.4 is 4.90 Å². The molecule has 0 radical (unpaired) electrons. The van der Waals surface area contributed by atoms with Crippen molar-refractivity contribution in [3.8, 4) is 12.1 Å². The lowest BCUT2D eigenvalue weighted by Gasteiger charge is -2.20. The maximum atomic E-state index is 8.84. The van der Waals surface area contributed by atoms with Crippen LogP contribution in [0.1, 0.15) is 11.1 Å². The van der Waals surface area contributed by atoms with Gasteiger partial charge < -0.3 is 4.90 Å². The molecule has 3 nitrogen and oxygen atoms in total. The van der Waals surface area contributed by atoms with Crippen molar-refractivity contribution in [3.05, 3.63) is 58.6 Å². The van der Waals surface area contributed by atoms with Gasteiger partial charge in [0.2, 0.25) is 0 Å². The molecule has 0 aliphatic rings. The van der Waals surface area contributed by atoms with Gasteiger partial charge in [0.1, 0.15) is 6.07 Å². The van der Waals surface area contributed by atoms with Crippen LogP contribution in [0, 0.1) is 22.7 Å². The summed E-state index contributed by atoms with van der Waals surface area (Å²) in [5, 5.41) is 18.0. The maximum Gasteiger partial charge on any atom is 0.101 e. The van der Waals surface area contributed by atoms with Gasteiger partial charge in [0.25, 0.3) is 0 Å². The molecule has 4 heteroatoms. The first-order valence-corrected chi connectivity index (χ1v) is 5.97. The van der Waals surface area contributed by atoms with E-state index < -0.39 is 0 Å². The van der Waals surface area contributed by atoms with Crippen molar-refractivity contribution in [1.82, 2.24) is 0 Å². The lowest BCUT2D eigenvalue weighted by atomic mass is 10.1. The molecule has 2 aromatic rings. The van der Waals surface area contributed by atoms with Crippen LogP contribution >= 0.6 is 11.6 Å². The molecular weight excluding hydrogens is 258 g/mol. The molecule has 0 aliphatic heterocycles. The van der Waals surface area contributed by atoms with E-state index in [1.807, 2.05) is 36.2 Å². The van der Waals surface area contributed by atoms with Gasteiger partial charge in [-0.3, -0.25) is 0 Å². The Morgan fingerprint density at radius 3 is 2.11 bits per heavy atom. The van der Waals surface area contributed by atoms with Crippen LogP contribution in [0.2, 0.25) is 5.02 Å². The molecule has 19 heavy (non-hydrogen) atoms. The summed E-state index contributed by atoms with van der Waals surface area (Å²) in [7, 11) is 1.90. The van der Waals surface area contributed by atoms with E-state index in [0.717, 1.165) is 11.4 Å². The third kappa shape index (κ3) is 2.68. The summed E-state index contributed by atoms with van der Waals surface area (Å²) in [6.07, 6.45) is 0. The summed E-state index contributed by atoms with van der Waals surface area (Å²) < 4.78 is 0. The fourth-order valence-electron chi connectivity index (χ4n) is 1.71. The summed E-state index contributed by atoms with van der Waals surface area (Å²) >= 11 is 6.02. The number of hydrogen-bond acceptors (Lipinski definition) is 3. The van der Waals surface area contributed by atoms with Gasteiger partial charge in [-0.25, -0.2) is 0 Å². The highest BCUT2D eigenvalue weighted by molar-refractivity contribution is 6.32. The second-order valence-corrected chi connectivity index (χ2v) is 4.40. The van der Waals surface area contributed by atoms with E-state index in [4.69, 9.17) is 22.1 Å². The largest absolute Gasteiger partial charge is 0.345 e. The predicted molar refractivity (Wildman–Crippen MR) is 75.4 cm³/mol. The fourth-order valence-corrected chi connectivity index (χ4v) is 1.93. The average molecular weight is 268 g/mol. The lowest BCUT2D eigenvalue weighted by Crippen LogP contribution is -2.09. The van der Waals surface area contributed by atoms with E-state index in [0.29, 0.717) is 16.1 Å². The highest BCUT2D eigenvalue weighted by atomic mass is 35.5.